The molecule has 0 spiro atoms. The van der Waals surface area contributed by atoms with Crippen molar-refractivity contribution in [2.24, 2.45) is 5.92 Å². The van der Waals surface area contributed by atoms with E-state index in [0.29, 0.717) is 12.5 Å². The third kappa shape index (κ3) is 4.20. The van der Waals surface area contributed by atoms with Gasteiger partial charge in [-0.05, 0) is 56.0 Å². The average Bonchev–Trinajstić information content (AvgIpc) is 2.88. The molecule has 1 fully saturated rings. The summed E-state index contributed by atoms with van der Waals surface area (Å²) in [6, 6.07) is 6.21. The number of aryl methyl sites for hydroxylation is 1. The monoisotopic (exact) mass is 327 g/mol. The molecule has 1 aromatic carbocycles. The molecule has 0 radical (unpaired) electrons. The van der Waals surface area contributed by atoms with E-state index in [0.717, 1.165) is 49.1 Å². The van der Waals surface area contributed by atoms with Crippen LogP contribution in [0.5, 0.6) is 5.75 Å². The van der Waals surface area contributed by atoms with Gasteiger partial charge in [0.25, 0.3) is 0 Å². The van der Waals surface area contributed by atoms with Gasteiger partial charge < -0.3 is 14.7 Å². The fourth-order valence-corrected chi connectivity index (χ4v) is 3.02. The van der Waals surface area contributed by atoms with Gasteiger partial charge in [0.05, 0.1) is 7.11 Å². The van der Waals surface area contributed by atoms with Crippen LogP contribution < -0.4 is 4.74 Å². The summed E-state index contributed by atoms with van der Waals surface area (Å²) in [5, 5.41) is 9.13. The molecule has 0 bridgehead atoms. The molecule has 1 aromatic rings. The van der Waals surface area contributed by atoms with Gasteiger partial charge in [-0.2, -0.15) is 0 Å². The van der Waals surface area contributed by atoms with Crippen LogP contribution in [0.2, 0.25) is 0 Å². The van der Waals surface area contributed by atoms with E-state index in [1.807, 2.05) is 6.07 Å². The van der Waals surface area contributed by atoms with Crippen molar-refractivity contribution in [1.82, 2.24) is 4.90 Å². The molecule has 0 aromatic heterocycles. The zero-order valence-corrected chi connectivity index (χ0v) is 13.0. The molecular weight excluding hydrogens is 306 g/mol. The van der Waals surface area contributed by atoms with Gasteiger partial charge in [-0.3, -0.25) is 0 Å². The molecule has 3 nitrogen and oxygen atoms in total. The van der Waals surface area contributed by atoms with E-state index < -0.39 is 0 Å². The number of likely N-dealkylation sites (tertiary alicyclic amines) is 1. The van der Waals surface area contributed by atoms with E-state index >= 15 is 0 Å². The fourth-order valence-electron chi connectivity index (χ4n) is 2.68. The predicted octanol–water partition coefficient (Wildman–Crippen LogP) is 2.70. The van der Waals surface area contributed by atoms with E-state index in [1.54, 1.807) is 7.11 Å². The minimum atomic E-state index is 0.330. The van der Waals surface area contributed by atoms with Crippen molar-refractivity contribution < 1.29 is 9.84 Å². The first kappa shape index (κ1) is 14.8. The van der Waals surface area contributed by atoms with Gasteiger partial charge in [-0.1, -0.05) is 22.0 Å². The lowest BCUT2D eigenvalue weighted by atomic mass is 10.1. The summed E-state index contributed by atoms with van der Waals surface area (Å²) in [5.74, 6) is 1.45. The largest absolute Gasteiger partial charge is 0.496 e. The Kier molecular flexibility index (Phi) is 5.67. The van der Waals surface area contributed by atoms with Crippen molar-refractivity contribution in [1.29, 1.82) is 0 Å². The fraction of sp³-hybridized carbons (Fsp3) is 0.600. The molecule has 0 amide bonds. The first-order chi connectivity index (χ1) is 9.22. The second-order valence-electron chi connectivity index (χ2n) is 5.20. The van der Waals surface area contributed by atoms with Crippen LogP contribution in [0, 0.1) is 5.92 Å². The van der Waals surface area contributed by atoms with Crippen molar-refractivity contribution in [2.75, 3.05) is 33.4 Å². The number of hydrogen-bond acceptors (Lipinski definition) is 3. The highest BCUT2D eigenvalue weighted by Crippen LogP contribution is 2.25. The molecule has 19 heavy (non-hydrogen) atoms. The Balaban J connectivity index is 1.80. The normalized spacial score (nSPS) is 19.8. The maximum atomic E-state index is 9.13. The number of hydrogen-bond donors (Lipinski definition) is 1. The summed E-state index contributed by atoms with van der Waals surface area (Å²) in [7, 11) is 1.72. The van der Waals surface area contributed by atoms with Crippen LogP contribution in [0.25, 0.3) is 0 Å². The second kappa shape index (κ2) is 7.27. The van der Waals surface area contributed by atoms with Crippen molar-refractivity contribution in [3.05, 3.63) is 28.2 Å². The van der Waals surface area contributed by atoms with Gasteiger partial charge in [0.15, 0.2) is 0 Å². The third-order valence-corrected chi connectivity index (χ3v) is 4.29. The Labute approximate surface area is 123 Å². The smallest absolute Gasteiger partial charge is 0.123 e. The number of ether oxygens (including phenoxy) is 1. The highest BCUT2D eigenvalue weighted by Gasteiger charge is 2.20. The lowest BCUT2D eigenvalue weighted by molar-refractivity contribution is 0.221. The topological polar surface area (TPSA) is 32.7 Å². The van der Waals surface area contributed by atoms with E-state index in [1.165, 1.54) is 5.56 Å². The summed E-state index contributed by atoms with van der Waals surface area (Å²) in [4.78, 5) is 2.45. The third-order valence-electron chi connectivity index (χ3n) is 3.80. The van der Waals surface area contributed by atoms with Gasteiger partial charge in [0.2, 0.25) is 0 Å². The Morgan fingerprint density at radius 1 is 1.47 bits per heavy atom. The van der Waals surface area contributed by atoms with Crippen LogP contribution in [0.3, 0.4) is 0 Å². The second-order valence-corrected chi connectivity index (χ2v) is 6.11. The van der Waals surface area contributed by atoms with E-state index in [4.69, 9.17) is 9.84 Å². The standard InChI is InChI=1S/C15H22BrNO2/c1-19-15-9-14(16)5-4-13(15)3-2-7-17-8-6-12(10-17)11-18/h4-5,9,12,18H,2-3,6-8,10-11H2,1H3/t12-/m1/s1. The maximum Gasteiger partial charge on any atom is 0.123 e. The zero-order valence-electron chi connectivity index (χ0n) is 11.4. The number of rotatable bonds is 6. The maximum absolute atomic E-state index is 9.13. The molecule has 1 atom stereocenters. The van der Waals surface area contributed by atoms with Crippen LogP contribution >= 0.6 is 15.9 Å². The first-order valence-electron chi connectivity index (χ1n) is 6.88. The van der Waals surface area contributed by atoms with Crippen LogP contribution in [0.1, 0.15) is 18.4 Å². The Morgan fingerprint density at radius 2 is 2.32 bits per heavy atom. The molecule has 2 rings (SSSR count). The minimum Gasteiger partial charge on any atom is -0.496 e. The number of benzene rings is 1. The molecule has 0 unspecified atom stereocenters. The summed E-state index contributed by atoms with van der Waals surface area (Å²) < 4.78 is 6.46. The number of methoxy groups -OCH3 is 1. The van der Waals surface area contributed by atoms with Crippen molar-refractivity contribution >= 4 is 15.9 Å². The average molecular weight is 328 g/mol. The van der Waals surface area contributed by atoms with Crippen LogP contribution in [-0.4, -0.2) is 43.4 Å². The molecule has 1 N–H and O–H groups in total. The van der Waals surface area contributed by atoms with Crippen molar-refractivity contribution in [3.8, 4) is 5.75 Å². The van der Waals surface area contributed by atoms with E-state index in [-0.39, 0.29) is 0 Å². The SMILES string of the molecule is COc1cc(Br)ccc1CCCN1CC[C@@H](CO)C1. The lowest BCUT2D eigenvalue weighted by Gasteiger charge is -2.16. The summed E-state index contributed by atoms with van der Waals surface area (Å²) in [6.45, 7) is 3.61. The van der Waals surface area contributed by atoms with Gasteiger partial charge >= 0.3 is 0 Å². The van der Waals surface area contributed by atoms with Gasteiger partial charge in [-0.25, -0.2) is 0 Å². The molecule has 0 aliphatic carbocycles. The molecule has 0 saturated carbocycles. The molecular formula is C15H22BrNO2. The number of halogens is 1. The van der Waals surface area contributed by atoms with Crippen LogP contribution in [0.4, 0.5) is 0 Å². The van der Waals surface area contributed by atoms with Gasteiger partial charge in [-0.15, -0.1) is 0 Å². The lowest BCUT2D eigenvalue weighted by Crippen LogP contribution is -2.23. The van der Waals surface area contributed by atoms with Crippen LogP contribution in [0.15, 0.2) is 22.7 Å². The quantitative estimate of drug-likeness (QED) is 0.872. The Hall–Kier alpha value is -0.580. The Morgan fingerprint density at radius 3 is 3.00 bits per heavy atom. The molecule has 4 heteroatoms. The van der Waals surface area contributed by atoms with E-state index in [2.05, 4.69) is 33.0 Å². The molecule has 1 saturated heterocycles. The Bertz CT molecular complexity index is 411. The van der Waals surface area contributed by atoms with Crippen molar-refractivity contribution in [2.45, 2.75) is 19.3 Å². The number of aliphatic hydroxyl groups is 1. The number of nitrogens with zero attached hydrogens (tertiary/aromatic N) is 1. The first-order valence-corrected chi connectivity index (χ1v) is 7.68. The summed E-state index contributed by atoms with van der Waals surface area (Å²) in [6.07, 6.45) is 3.31. The molecule has 1 aliphatic heterocycles. The number of aliphatic hydroxyl groups excluding tert-OH is 1. The van der Waals surface area contributed by atoms with Gasteiger partial charge in [0.1, 0.15) is 5.75 Å². The minimum absolute atomic E-state index is 0.330. The van der Waals surface area contributed by atoms with E-state index in [9.17, 15) is 0 Å². The zero-order chi connectivity index (χ0) is 13.7. The molecule has 1 heterocycles. The van der Waals surface area contributed by atoms with Gasteiger partial charge in [0, 0.05) is 17.6 Å². The van der Waals surface area contributed by atoms with Crippen LogP contribution in [-0.2, 0) is 6.42 Å². The molecule has 106 valence electrons. The molecule has 1 aliphatic rings. The highest BCUT2D eigenvalue weighted by molar-refractivity contribution is 9.10. The predicted molar refractivity (Wildman–Crippen MR) is 80.6 cm³/mol. The highest BCUT2D eigenvalue weighted by atomic mass is 79.9. The summed E-state index contributed by atoms with van der Waals surface area (Å²) in [5.41, 5.74) is 1.27. The summed E-state index contributed by atoms with van der Waals surface area (Å²) >= 11 is 3.46. The van der Waals surface area contributed by atoms with Crippen molar-refractivity contribution in [3.63, 3.8) is 0 Å².